The summed E-state index contributed by atoms with van der Waals surface area (Å²) in [6, 6.07) is 22.4. The zero-order valence-electron chi connectivity index (χ0n) is 25.1. The molecule has 0 spiro atoms. The number of halogens is 2. The summed E-state index contributed by atoms with van der Waals surface area (Å²) >= 11 is 12.7. The summed E-state index contributed by atoms with van der Waals surface area (Å²) in [6.07, 6.45) is 5.25. The van der Waals surface area contributed by atoms with E-state index in [9.17, 15) is 4.79 Å². The molecule has 0 radical (unpaired) electrons. The molecule has 0 bridgehead atoms. The van der Waals surface area contributed by atoms with Gasteiger partial charge in [0.05, 0.1) is 48.2 Å². The zero-order chi connectivity index (χ0) is 30.7. The first-order chi connectivity index (χ1) is 21.5. The molecule has 1 atom stereocenters. The van der Waals surface area contributed by atoms with Crippen LogP contribution in [0, 0.1) is 0 Å². The number of carbonyl (C=O) groups excluding carboxylic acids is 1. The maximum absolute atomic E-state index is 13.8. The van der Waals surface area contributed by atoms with Gasteiger partial charge in [-0.2, -0.15) is 0 Å². The monoisotopic (exact) mass is 635 g/mol. The Morgan fingerprint density at radius 1 is 0.955 bits per heavy atom. The Hall–Kier alpha value is -3.36. The molecule has 1 unspecified atom stereocenters. The maximum atomic E-state index is 13.8. The number of hydrogen-bond donors (Lipinski definition) is 1. The molecule has 2 heterocycles. The van der Waals surface area contributed by atoms with Crippen molar-refractivity contribution in [3.63, 3.8) is 0 Å². The molecule has 9 heteroatoms. The molecule has 1 N–H and O–H groups in total. The molecule has 2 aliphatic heterocycles. The number of nitrogens with zero attached hydrogens (tertiary/aromatic N) is 2. The molecule has 2 aliphatic rings. The lowest BCUT2D eigenvalue weighted by atomic mass is 9.95. The predicted molar refractivity (Wildman–Crippen MR) is 176 cm³/mol. The van der Waals surface area contributed by atoms with Gasteiger partial charge in [0.2, 0.25) is 0 Å². The number of aryl methyl sites for hydroxylation is 1. The highest BCUT2D eigenvalue weighted by Gasteiger charge is 2.33. The van der Waals surface area contributed by atoms with E-state index in [-0.39, 0.29) is 13.2 Å². The summed E-state index contributed by atoms with van der Waals surface area (Å²) in [5, 5.41) is 4.23. The number of rotatable bonds is 13. The maximum Gasteiger partial charge on any atom is 0.338 e. The van der Waals surface area contributed by atoms with Gasteiger partial charge in [-0.3, -0.25) is 4.99 Å². The number of hydrogen-bond acceptors (Lipinski definition) is 7. The lowest BCUT2D eigenvalue weighted by molar-refractivity contribution is -0.139. The van der Waals surface area contributed by atoms with E-state index in [1.165, 1.54) is 24.8 Å². The summed E-state index contributed by atoms with van der Waals surface area (Å²) in [6.45, 7) is 4.08. The fourth-order valence-corrected chi connectivity index (χ4v) is 5.79. The molecular weight excluding hydrogens is 597 g/mol. The van der Waals surface area contributed by atoms with Crippen LogP contribution in [0.25, 0.3) is 0 Å². The number of nitrogens with one attached hydrogen (secondary N) is 1. The zero-order valence-corrected chi connectivity index (χ0v) is 26.6. The van der Waals surface area contributed by atoms with Crippen molar-refractivity contribution in [2.24, 2.45) is 4.99 Å². The third-order valence-corrected chi connectivity index (χ3v) is 8.64. The first-order valence-corrected chi connectivity index (χ1v) is 16.0. The Kier molecular flexibility index (Phi) is 11.7. The second kappa shape index (κ2) is 16.1. The Balaban J connectivity index is 1.41. The van der Waals surface area contributed by atoms with Gasteiger partial charge < -0.3 is 24.4 Å². The topological polar surface area (TPSA) is 72.4 Å². The average molecular weight is 637 g/mol. The van der Waals surface area contributed by atoms with E-state index in [0.717, 1.165) is 42.9 Å². The molecule has 0 amide bonds. The first-order valence-electron chi connectivity index (χ1n) is 15.2. The molecule has 3 aromatic carbocycles. The van der Waals surface area contributed by atoms with Gasteiger partial charge in [-0.05, 0) is 86.3 Å². The van der Waals surface area contributed by atoms with Crippen molar-refractivity contribution < 1.29 is 19.0 Å². The number of ether oxygens (including phenoxy) is 3. The number of aliphatic imine (C=N–C) groups is 1. The predicted octanol–water partition coefficient (Wildman–Crippen LogP) is 7.03. The van der Waals surface area contributed by atoms with Crippen molar-refractivity contribution in [2.45, 2.75) is 38.1 Å². The summed E-state index contributed by atoms with van der Waals surface area (Å²) < 4.78 is 17.4. The number of methoxy groups -OCH3 is 1. The average Bonchev–Trinajstić information content (AvgIpc) is 3.07. The van der Waals surface area contributed by atoms with Crippen LogP contribution in [-0.4, -0.2) is 63.3 Å². The molecule has 1 fully saturated rings. The third kappa shape index (κ3) is 8.63. The van der Waals surface area contributed by atoms with Gasteiger partial charge in [0.25, 0.3) is 0 Å². The van der Waals surface area contributed by atoms with Gasteiger partial charge in [0.15, 0.2) is 0 Å². The molecule has 1 saturated heterocycles. The number of amidine groups is 1. The quantitative estimate of drug-likeness (QED) is 0.161. The van der Waals surface area contributed by atoms with Crippen molar-refractivity contribution in [1.82, 2.24) is 10.2 Å². The molecule has 232 valence electrons. The van der Waals surface area contributed by atoms with Crippen molar-refractivity contribution in [3.05, 3.63) is 111 Å². The Morgan fingerprint density at radius 2 is 1.73 bits per heavy atom. The van der Waals surface area contributed by atoms with E-state index >= 15 is 0 Å². The van der Waals surface area contributed by atoms with E-state index < -0.39 is 12.0 Å². The van der Waals surface area contributed by atoms with Crippen LogP contribution in [0.15, 0.2) is 89.1 Å². The Labute approximate surface area is 269 Å². The van der Waals surface area contributed by atoms with Crippen LogP contribution in [0.3, 0.4) is 0 Å². The van der Waals surface area contributed by atoms with E-state index in [4.69, 9.17) is 42.4 Å². The lowest BCUT2D eigenvalue weighted by Crippen LogP contribution is -2.37. The molecular formula is C35H39Cl2N3O4. The second-order valence-electron chi connectivity index (χ2n) is 11.0. The number of benzene rings is 3. The molecule has 44 heavy (non-hydrogen) atoms. The highest BCUT2D eigenvalue weighted by atomic mass is 35.5. The standard InChI is InChI=1S/C35H39Cl2N3O4/c1-42-28-15-12-26(13-16-28)34-38-31(24-43-22-20-40-18-6-3-7-19-40)32(33(39-34)27-14-17-29(36)30(37)23-27)35(41)44-21-8-11-25-9-4-2-5-10-25/h2,4-5,9-10,12-17,23,33H,3,6-8,11,18-22,24H2,1H3,(H,38,39). The largest absolute Gasteiger partial charge is 0.497 e. The van der Waals surface area contributed by atoms with Crippen LogP contribution >= 0.6 is 23.2 Å². The number of carbonyl (C=O) groups is 1. The molecule has 5 rings (SSSR count). The Bertz CT molecular complexity index is 1450. The minimum absolute atomic E-state index is 0.204. The van der Waals surface area contributed by atoms with E-state index in [2.05, 4.69) is 22.3 Å². The second-order valence-corrected chi connectivity index (χ2v) is 11.8. The molecule has 0 aliphatic carbocycles. The van der Waals surface area contributed by atoms with Crippen LogP contribution in [-0.2, 0) is 20.7 Å². The smallest absolute Gasteiger partial charge is 0.338 e. The van der Waals surface area contributed by atoms with Crippen LogP contribution < -0.4 is 10.1 Å². The third-order valence-electron chi connectivity index (χ3n) is 7.90. The SMILES string of the molecule is COc1ccc(C2=NC(c3ccc(Cl)c(Cl)c3)C(C(=O)OCCCc3ccccc3)=C(COCCN3CCCCC3)N2)cc1. The highest BCUT2D eigenvalue weighted by molar-refractivity contribution is 6.42. The minimum atomic E-state index is -0.676. The van der Waals surface area contributed by atoms with Gasteiger partial charge in [-0.1, -0.05) is 66.0 Å². The van der Waals surface area contributed by atoms with Crippen LogP contribution in [0.5, 0.6) is 5.75 Å². The van der Waals surface area contributed by atoms with Crippen LogP contribution in [0.4, 0.5) is 0 Å². The number of piperidine rings is 1. The highest BCUT2D eigenvalue weighted by Crippen LogP contribution is 2.36. The summed E-state index contributed by atoms with van der Waals surface area (Å²) in [5.41, 5.74) is 3.80. The van der Waals surface area contributed by atoms with E-state index in [0.29, 0.717) is 40.2 Å². The van der Waals surface area contributed by atoms with Crippen molar-refractivity contribution in [1.29, 1.82) is 0 Å². The summed E-state index contributed by atoms with van der Waals surface area (Å²) in [7, 11) is 1.63. The van der Waals surface area contributed by atoms with Gasteiger partial charge in [0.1, 0.15) is 17.6 Å². The minimum Gasteiger partial charge on any atom is -0.497 e. The molecule has 0 aromatic heterocycles. The number of likely N-dealkylation sites (tertiary alicyclic amines) is 1. The first kappa shape index (κ1) is 32.0. The fourth-order valence-electron chi connectivity index (χ4n) is 5.48. The normalized spacial score (nSPS) is 17.2. The van der Waals surface area contributed by atoms with Crippen molar-refractivity contribution >= 4 is 35.0 Å². The van der Waals surface area contributed by atoms with Crippen LogP contribution in [0.1, 0.15) is 48.4 Å². The van der Waals surface area contributed by atoms with Gasteiger partial charge in [-0.25, -0.2) is 4.79 Å². The summed E-state index contributed by atoms with van der Waals surface area (Å²) in [5.74, 6) is 0.913. The van der Waals surface area contributed by atoms with E-state index in [1.807, 2.05) is 48.5 Å². The van der Waals surface area contributed by atoms with Gasteiger partial charge in [-0.15, -0.1) is 0 Å². The number of esters is 1. The van der Waals surface area contributed by atoms with Gasteiger partial charge in [0, 0.05) is 12.1 Å². The lowest BCUT2D eigenvalue weighted by Gasteiger charge is -2.29. The van der Waals surface area contributed by atoms with Gasteiger partial charge >= 0.3 is 5.97 Å². The fraction of sp³-hybridized carbons (Fsp3) is 0.371. The molecule has 3 aromatic rings. The Morgan fingerprint density at radius 3 is 2.45 bits per heavy atom. The molecule has 7 nitrogen and oxygen atoms in total. The van der Waals surface area contributed by atoms with E-state index in [1.54, 1.807) is 19.2 Å². The summed E-state index contributed by atoms with van der Waals surface area (Å²) in [4.78, 5) is 21.3. The molecule has 0 saturated carbocycles. The van der Waals surface area contributed by atoms with Crippen LogP contribution in [0.2, 0.25) is 10.0 Å². The van der Waals surface area contributed by atoms with Crippen molar-refractivity contribution in [3.8, 4) is 5.75 Å². The van der Waals surface area contributed by atoms with Crippen molar-refractivity contribution in [2.75, 3.05) is 46.6 Å².